The first-order valence-corrected chi connectivity index (χ1v) is 10.1. The number of aromatic nitrogens is 2. The number of nitrogens with zero attached hydrogens (tertiary/aromatic N) is 2. The zero-order valence-electron chi connectivity index (χ0n) is 17.4. The summed E-state index contributed by atoms with van der Waals surface area (Å²) in [6.45, 7) is 3.78. The highest BCUT2D eigenvalue weighted by molar-refractivity contribution is 6.31. The molecule has 156 valence electrons. The van der Waals surface area contributed by atoms with Crippen molar-refractivity contribution in [1.29, 1.82) is 0 Å². The Labute approximate surface area is 184 Å². The van der Waals surface area contributed by atoms with Gasteiger partial charge >= 0.3 is 0 Å². The van der Waals surface area contributed by atoms with Crippen LogP contribution < -0.4 is 10.6 Å². The van der Waals surface area contributed by atoms with Gasteiger partial charge in [-0.15, -0.1) is 0 Å². The van der Waals surface area contributed by atoms with Gasteiger partial charge in [-0.2, -0.15) is 0 Å². The van der Waals surface area contributed by atoms with E-state index in [1.807, 2.05) is 53.9 Å². The molecule has 0 saturated heterocycles. The van der Waals surface area contributed by atoms with Gasteiger partial charge in [0.15, 0.2) is 5.69 Å². The summed E-state index contributed by atoms with van der Waals surface area (Å²) in [4.78, 5) is 30.3. The lowest BCUT2D eigenvalue weighted by Crippen LogP contribution is -2.23. The number of amides is 2. The fourth-order valence-corrected chi connectivity index (χ4v) is 3.94. The second kappa shape index (κ2) is 8.24. The molecule has 0 atom stereocenters. The normalized spacial score (nSPS) is 10.8. The van der Waals surface area contributed by atoms with Crippen LogP contribution in [-0.2, 0) is 0 Å². The Kier molecular flexibility index (Phi) is 5.48. The highest BCUT2D eigenvalue weighted by Crippen LogP contribution is 2.30. The van der Waals surface area contributed by atoms with E-state index >= 15 is 0 Å². The Morgan fingerprint density at radius 1 is 1.00 bits per heavy atom. The maximum Gasteiger partial charge on any atom is 0.276 e. The smallest absolute Gasteiger partial charge is 0.276 e. The molecule has 0 fully saturated rings. The minimum atomic E-state index is -0.413. The molecule has 0 radical (unpaired) electrons. The molecule has 2 aromatic carbocycles. The minimum absolute atomic E-state index is 0.259. The van der Waals surface area contributed by atoms with E-state index in [2.05, 4.69) is 15.6 Å². The Morgan fingerprint density at radius 2 is 1.77 bits per heavy atom. The average Bonchev–Trinajstić information content (AvgIpc) is 3.23. The van der Waals surface area contributed by atoms with Crippen LogP contribution >= 0.6 is 11.6 Å². The third-order valence-corrected chi connectivity index (χ3v) is 5.42. The molecule has 0 unspecified atom stereocenters. The fourth-order valence-electron chi connectivity index (χ4n) is 3.67. The number of hydrogen-bond acceptors (Lipinski definition) is 3. The molecule has 4 aromatic rings. The van der Waals surface area contributed by atoms with E-state index in [1.54, 1.807) is 19.2 Å². The van der Waals surface area contributed by atoms with Crippen LogP contribution in [0.4, 0.5) is 5.69 Å². The van der Waals surface area contributed by atoms with E-state index in [0.717, 1.165) is 16.6 Å². The van der Waals surface area contributed by atoms with Crippen LogP contribution in [0.15, 0.2) is 60.9 Å². The molecule has 4 rings (SSSR count). The Hall–Kier alpha value is -3.64. The Bertz CT molecular complexity index is 1330. The fraction of sp³-hybridized carbons (Fsp3) is 0.125. The number of nitrogens with one attached hydrogen (secondary N) is 2. The molecule has 31 heavy (non-hydrogen) atoms. The lowest BCUT2D eigenvalue weighted by molar-refractivity contribution is 0.0964. The summed E-state index contributed by atoms with van der Waals surface area (Å²) >= 11 is 6.14. The molecule has 0 spiro atoms. The first kappa shape index (κ1) is 20.6. The molecule has 2 aromatic heterocycles. The molecule has 7 heteroatoms. The van der Waals surface area contributed by atoms with Crippen molar-refractivity contribution >= 4 is 34.6 Å². The van der Waals surface area contributed by atoms with Crippen LogP contribution in [0.25, 0.3) is 16.8 Å². The van der Waals surface area contributed by atoms with Crippen LogP contribution in [0.1, 0.15) is 32.0 Å². The molecule has 2 amide bonds. The number of carbonyl (C=O) groups is 2. The van der Waals surface area contributed by atoms with Crippen molar-refractivity contribution in [3.05, 3.63) is 88.3 Å². The van der Waals surface area contributed by atoms with Gasteiger partial charge in [0.1, 0.15) is 0 Å². The second-order valence-corrected chi connectivity index (χ2v) is 7.69. The molecular weight excluding hydrogens is 412 g/mol. The van der Waals surface area contributed by atoms with Crippen LogP contribution in [0.3, 0.4) is 0 Å². The van der Waals surface area contributed by atoms with Crippen molar-refractivity contribution in [2.75, 3.05) is 12.4 Å². The van der Waals surface area contributed by atoms with Gasteiger partial charge in [0.2, 0.25) is 0 Å². The maximum atomic E-state index is 13.4. The van der Waals surface area contributed by atoms with Crippen molar-refractivity contribution in [2.24, 2.45) is 0 Å². The number of fused-ring (bicyclic) bond motifs is 1. The van der Waals surface area contributed by atoms with E-state index in [4.69, 9.17) is 11.6 Å². The zero-order chi connectivity index (χ0) is 22.1. The topological polar surface area (TPSA) is 75.5 Å². The molecule has 0 aliphatic heterocycles. The minimum Gasteiger partial charge on any atom is -0.355 e. The van der Waals surface area contributed by atoms with E-state index < -0.39 is 5.91 Å². The van der Waals surface area contributed by atoms with Gasteiger partial charge in [0.25, 0.3) is 11.8 Å². The first-order valence-electron chi connectivity index (χ1n) is 9.76. The van der Waals surface area contributed by atoms with Crippen molar-refractivity contribution in [3.63, 3.8) is 0 Å². The largest absolute Gasteiger partial charge is 0.355 e. The standard InChI is InChI=1S/C24H21ClN4O2/c1-14-7-4-5-9-18(14)22-21(27-13-17-8-6-10-29(17)22)24(31)28-20-15(2)11-16(25)12-19(20)23(30)26-3/h4-13H,1-3H3,(H,26,30)(H,28,31). The number of benzene rings is 2. The molecule has 0 saturated carbocycles. The first-order chi connectivity index (χ1) is 14.9. The van der Waals surface area contributed by atoms with Crippen LogP contribution in [-0.4, -0.2) is 28.2 Å². The summed E-state index contributed by atoms with van der Waals surface area (Å²) < 4.78 is 1.94. The number of anilines is 1. The number of halogens is 1. The van der Waals surface area contributed by atoms with Gasteiger partial charge < -0.3 is 15.0 Å². The van der Waals surface area contributed by atoms with E-state index in [0.29, 0.717) is 27.5 Å². The van der Waals surface area contributed by atoms with Crippen molar-refractivity contribution in [3.8, 4) is 11.3 Å². The van der Waals surface area contributed by atoms with Gasteiger partial charge in [0, 0.05) is 23.8 Å². The zero-order valence-corrected chi connectivity index (χ0v) is 18.1. The number of rotatable bonds is 4. The SMILES string of the molecule is CNC(=O)c1cc(Cl)cc(C)c1NC(=O)c1ncc2cccn2c1-c1ccccc1C. The Morgan fingerprint density at radius 3 is 2.52 bits per heavy atom. The van der Waals surface area contributed by atoms with E-state index in [9.17, 15) is 9.59 Å². The lowest BCUT2D eigenvalue weighted by atomic mass is 10.0. The summed E-state index contributed by atoms with van der Waals surface area (Å²) in [5, 5.41) is 5.89. The van der Waals surface area contributed by atoms with Crippen LogP contribution in [0.5, 0.6) is 0 Å². The molecule has 2 N–H and O–H groups in total. The van der Waals surface area contributed by atoms with Crippen molar-refractivity contribution < 1.29 is 9.59 Å². The van der Waals surface area contributed by atoms with Gasteiger partial charge in [0.05, 0.1) is 28.7 Å². The van der Waals surface area contributed by atoms with E-state index in [1.165, 1.54) is 13.1 Å². The quantitative estimate of drug-likeness (QED) is 0.482. The average molecular weight is 433 g/mol. The number of aryl methyl sites for hydroxylation is 2. The number of carbonyl (C=O) groups excluding carboxylic acids is 2. The lowest BCUT2D eigenvalue weighted by Gasteiger charge is -2.17. The monoisotopic (exact) mass is 432 g/mol. The maximum absolute atomic E-state index is 13.4. The summed E-state index contributed by atoms with van der Waals surface area (Å²) in [6.07, 6.45) is 3.56. The third-order valence-electron chi connectivity index (χ3n) is 5.20. The molecule has 2 heterocycles. The highest BCUT2D eigenvalue weighted by Gasteiger charge is 2.22. The van der Waals surface area contributed by atoms with Gasteiger partial charge in [-0.25, -0.2) is 4.98 Å². The van der Waals surface area contributed by atoms with Gasteiger partial charge in [-0.1, -0.05) is 35.9 Å². The van der Waals surface area contributed by atoms with Crippen LogP contribution in [0, 0.1) is 13.8 Å². The van der Waals surface area contributed by atoms with Crippen molar-refractivity contribution in [2.45, 2.75) is 13.8 Å². The highest BCUT2D eigenvalue weighted by atomic mass is 35.5. The summed E-state index contributed by atoms with van der Waals surface area (Å²) in [5.41, 5.74) is 5.12. The predicted octanol–water partition coefficient (Wildman–Crippen LogP) is 4.88. The Balaban J connectivity index is 1.87. The molecule has 0 aliphatic rings. The molecule has 0 aliphatic carbocycles. The van der Waals surface area contributed by atoms with Gasteiger partial charge in [-0.05, 0) is 49.2 Å². The molecular formula is C24H21ClN4O2. The van der Waals surface area contributed by atoms with E-state index in [-0.39, 0.29) is 11.6 Å². The van der Waals surface area contributed by atoms with Crippen molar-refractivity contribution in [1.82, 2.24) is 14.7 Å². The molecule has 0 bridgehead atoms. The predicted molar refractivity (Wildman–Crippen MR) is 123 cm³/mol. The van der Waals surface area contributed by atoms with Crippen LogP contribution in [0.2, 0.25) is 5.02 Å². The summed E-state index contributed by atoms with van der Waals surface area (Å²) in [5.74, 6) is -0.752. The van der Waals surface area contributed by atoms with Gasteiger partial charge in [-0.3, -0.25) is 9.59 Å². The number of hydrogen-bond donors (Lipinski definition) is 2. The summed E-state index contributed by atoms with van der Waals surface area (Å²) in [6, 6.07) is 14.9. The second-order valence-electron chi connectivity index (χ2n) is 7.25. The summed E-state index contributed by atoms with van der Waals surface area (Å²) in [7, 11) is 1.53. The third kappa shape index (κ3) is 3.78. The molecule has 6 nitrogen and oxygen atoms in total.